The zero-order valence-corrected chi connectivity index (χ0v) is 45.8. The summed E-state index contributed by atoms with van der Waals surface area (Å²) in [6.45, 7) is 11.0. The molecule has 2 aliphatic rings. The number of halogens is 3. The molecule has 6 rings (SSSR count). The van der Waals surface area contributed by atoms with Crippen molar-refractivity contribution in [2.24, 2.45) is 16.5 Å². The molecule has 3 heterocycles. The summed E-state index contributed by atoms with van der Waals surface area (Å²) < 4.78 is 90.8. The van der Waals surface area contributed by atoms with Crippen LogP contribution in [-0.2, 0) is 39.0 Å². The van der Waals surface area contributed by atoms with E-state index in [0.717, 1.165) is 38.7 Å². The van der Waals surface area contributed by atoms with Crippen molar-refractivity contribution < 1.29 is 54.3 Å². The number of amides is 4. The van der Waals surface area contributed by atoms with Crippen molar-refractivity contribution in [3.63, 3.8) is 0 Å². The molecule has 17 nitrogen and oxygen atoms in total. The molecule has 0 radical (unpaired) electrons. The molecular weight excluding hydrogens is 1050 g/mol. The summed E-state index contributed by atoms with van der Waals surface area (Å²) in [6.07, 6.45) is 1.84. The first kappa shape index (κ1) is 59.1. The van der Waals surface area contributed by atoms with Gasteiger partial charge in [0.15, 0.2) is 0 Å². The topological polar surface area (TPSA) is 250 Å². The maximum Gasteiger partial charge on any atom is 0.501 e. The van der Waals surface area contributed by atoms with Gasteiger partial charge >= 0.3 is 5.51 Å². The zero-order valence-electron chi connectivity index (χ0n) is 42.6. The molecule has 410 valence electrons. The van der Waals surface area contributed by atoms with Crippen molar-refractivity contribution in [1.82, 2.24) is 30.7 Å². The van der Waals surface area contributed by atoms with Crippen molar-refractivity contribution in [3.8, 4) is 10.4 Å². The number of hydrogen-bond donors (Lipinski definition) is 6. The van der Waals surface area contributed by atoms with Crippen LogP contribution in [0.5, 0.6) is 0 Å². The zero-order chi connectivity index (χ0) is 54.9. The van der Waals surface area contributed by atoms with Crippen molar-refractivity contribution in [2.45, 2.75) is 130 Å². The molecule has 4 amide bonds. The number of aryl methyl sites for hydroxylation is 1. The monoisotopic (exact) mass is 1120 g/mol. The molecule has 1 aromatic heterocycles. The molecule has 0 spiro atoms. The second-order valence-electron chi connectivity index (χ2n) is 20.2. The summed E-state index contributed by atoms with van der Waals surface area (Å²) in [5, 5.41) is 27.6. The molecule has 0 bridgehead atoms. The number of rotatable bonds is 23. The first-order chi connectivity index (χ1) is 35.2. The van der Waals surface area contributed by atoms with E-state index in [4.69, 9.17) is 5.14 Å². The molecule has 3 aromatic carbocycles. The van der Waals surface area contributed by atoms with Crippen LogP contribution in [0.15, 0.2) is 93.0 Å². The SMILES string of the molecule is Cc1ncsc1-c1ccc(C(C)NC(=O)[C@@H]2C[C@@H](O)CN2C(=O)C(NC(=O)CCCCCNC(=O)[C@@H]2CCN(CCC(CSc3ccccc3)Nc3ccc(S(N)(=O)=O)cc3S(=O)(=O)C(F)(F)F)C2)C(C)(C)C)cc1. The molecule has 6 atom stereocenters. The predicted octanol–water partition coefficient (Wildman–Crippen LogP) is 6.39. The molecule has 0 aliphatic carbocycles. The second-order valence-corrected chi connectivity index (χ2v) is 25.6. The second kappa shape index (κ2) is 25.4. The summed E-state index contributed by atoms with van der Waals surface area (Å²) >= 11 is 2.95. The van der Waals surface area contributed by atoms with Gasteiger partial charge in [0.1, 0.15) is 17.0 Å². The fourth-order valence-corrected chi connectivity index (χ4v) is 12.4. The number of β-amino-alcohol motifs (C(OH)–C–C–N with tert-alkyl or cyclic N) is 1. The van der Waals surface area contributed by atoms with Gasteiger partial charge in [-0.3, -0.25) is 19.2 Å². The number of aromatic nitrogens is 1. The molecule has 7 N–H and O–H groups in total. The lowest BCUT2D eigenvalue weighted by Crippen LogP contribution is -2.57. The number of nitrogens with one attached hydrogen (secondary N) is 4. The van der Waals surface area contributed by atoms with E-state index in [1.807, 2.05) is 94.1 Å². The van der Waals surface area contributed by atoms with E-state index in [2.05, 4.69) is 26.3 Å². The van der Waals surface area contributed by atoms with E-state index in [-0.39, 0.29) is 43.2 Å². The molecule has 2 fully saturated rings. The maximum absolute atomic E-state index is 14.1. The minimum absolute atomic E-state index is 0.0503. The van der Waals surface area contributed by atoms with Gasteiger partial charge in [-0.15, -0.1) is 23.1 Å². The summed E-state index contributed by atoms with van der Waals surface area (Å²) in [7, 11) is -10.5. The quantitative estimate of drug-likeness (QED) is 0.0349. The number of alkyl halides is 3. The van der Waals surface area contributed by atoms with E-state index in [0.29, 0.717) is 70.1 Å². The standard InChI is InChI=1S/C51H67F3N8O9S4/c1-32(34-15-17-35(18-16-34)45-33(2)57-31-73-45)58-48(66)42-26-38(63)29-62(42)49(67)46(50(3,4)5)60-44(64)14-10-7-11-23-56-47(65)36-21-24-61(28-36)25-22-37(30-72-39-12-8-6-9-13-39)59-41-20-19-40(75(55,70)71)27-43(41)74(68,69)51(52,53)54/h6,8-9,12-13,15-20,27,31-32,36-38,42,46,59,63H,7,10-11,14,21-26,28-30H2,1-5H3,(H,56,65)(H,58,66)(H,60,64)(H2,55,70,71)/t32?,36-,37?,38-,42+,46?/m1/s1. The smallest absolute Gasteiger partial charge is 0.391 e. The van der Waals surface area contributed by atoms with Crippen LogP contribution < -0.4 is 26.4 Å². The third-order valence-corrected chi connectivity index (χ3v) is 17.9. The van der Waals surface area contributed by atoms with Crippen LogP contribution in [0, 0.1) is 18.3 Å². The summed E-state index contributed by atoms with van der Waals surface area (Å²) in [5.74, 6) is -1.36. The Balaban J connectivity index is 0.949. The Morgan fingerprint density at radius 2 is 1.64 bits per heavy atom. The normalized spacial score (nSPS) is 18.8. The number of aliphatic hydroxyl groups is 1. The maximum atomic E-state index is 14.1. The van der Waals surface area contributed by atoms with E-state index in [1.165, 1.54) is 16.7 Å². The Bertz CT molecular complexity index is 2850. The van der Waals surface area contributed by atoms with Crippen molar-refractivity contribution in [2.75, 3.05) is 43.8 Å². The van der Waals surface area contributed by atoms with Gasteiger partial charge in [-0.25, -0.2) is 27.0 Å². The summed E-state index contributed by atoms with van der Waals surface area (Å²) in [4.78, 5) is 62.0. The molecule has 75 heavy (non-hydrogen) atoms. The fourth-order valence-electron chi connectivity index (χ4n) is 9.06. The number of carbonyl (C=O) groups is 4. The minimum Gasteiger partial charge on any atom is -0.391 e. The van der Waals surface area contributed by atoms with E-state index in [9.17, 15) is 54.3 Å². The van der Waals surface area contributed by atoms with Crippen molar-refractivity contribution in [1.29, 1.82) is 0 Å². The Morgan fingerprint density at radius 1 is 0.933 bits per heavy atom. The number of sulfone groups is 1. The predicted molar refractivity (Wildman–Crippen MR) is 283 cm³/mol. The number of sulfonamides is 1. The van der Waals surface area contributed by atoms with Crippen LogP contribution in [0.2, 0.25) is 0 Å². The number of unbranched alkanes of at least 4 members (excludes halogenated alkanes) is 2. The highest BCUT2D eigenvalue weighted by Gasteiger charge is 2.49. The minimum atomic E-state index is -5.99. The number of hydrogen-bond acceptors (Lipinski definition) is 14. The van der Waals surface area contributed by atoms with Crippen LogP contribution in [0.3, 0.4) is 0 Å². The number of nitrogens with two attached hydrogens (primary N) is 1. The average Bonchev–Trinajstić information content (AvgIpc) is 4.12. The number of primary sulfonamides is 1. The Hall–Kier alpha value is -5.11. The third-order valence-electron chi connectivity index (χ3n) is 13.3. The van der Waals surface area contributed by atoms with Gasteiger partial charge in [-0.05, 0) is 92.9 Å². The molecule has 2 aliphatic heterocycles. The number of carbonyl (C=O) groups excluding carboxylic acids is 4. The molecular formula is C51H67F3N8O9S4. The van der Waals surface area contributed by atoms with Crippen molar-refractivity contribution in [3.05, 3.63) is 89.6 Å². The average molecular weight is 1120 g/mol. The Labute approximate surface area is 445 Å². The first-order valence-electron chi connectivity index (χ1n) is 24.7. The number of benzene rings is 3. The van der Waals surface area contributed by atoms with Gasteiger partial charge in [0.2, 0.25) is 33.7 Å². The Kier molecular flexibility index (Phi) is 20.0. The first-order valence-corrected chi connectivity index (χ1v) is 29.6. The summed E-state index contributed by atoms with van der Waals surface area (Å²) in [6, 6.07) is 16.5. The number of likely N-dealkylation sites (tertiary alicyclic amines) is 2. The Morgan fingerprint density at radius 3 is 2.28 bits per heavy atom. The van der Waals surface area contributed by atoms with Gasteiger partial charge < -0.3 is 36.2 Å². The van der Waals surface area contributed by atoms with Crippen molar-refractivity contribution >= 4 is 72.3 Å². The highest BCUT2D eigenvalue weighted by molar-refractivity contribution is 7.99. The van der Waals surface area contributed by atoms with Crippen LogP contribution in [0.1, 0.15) is 89.9 Å². The number of nitrogens with zero attached hydrogens (tertiary/aromatic N) is 3. The van der Waals surface area contributed by atoms with Crippen LogP contribution in [0.4, 0.5) is 18.9 Å². The lowest BCUT2D eigenvalue weighted by atomic mass is 9.85. The lowest BCUT2D eigenvalue weighted by molar-refractivity contribution is -0.144. The van der Waals surface area contributed by atoms with Gasteiger partial charge in [0.05, 0.1) is 44.7 Å². The van der Waals surface area contributed by atoms with Crippen LogP contribution in [0.25, 0.3) is 10.4 Å². The number of thioether (sulfide) groups is 1. The fraction of sp³-hybridized carbons (Fsp3) is 0.510. The van der Waals surface area contributed by atoms with E-state index < -0.39 is 82.3 Å². The number of thiazole rings is 1. The van der Waals surface area contributed by atoms with Gasteiger partial charge in [-0.1, -0.05) is 69.7 Å². The lowest BCUT2D eigenvalue weighted by Gasteiger charge is -2.35. The molecule has 2 saturated heterocycles. The van der Waals surface area contributed by atoms with Gasteiger partial charge in [0, 0.05) is 55.7 Å². The highest BCUT2D eigenvalue weighted by atomic mass is 32.2. The number of anilines is 1. The molecule has 3 unspecified atom stereocenters. The molecule has 24 heteroatoms. The van der Waals surface area contributed by atoms with Gasteiger partial charge in [-0.2, -0.15) is 13.2 Å². The number of aliphatic hydroxyl groups excluding tert-OH is 1. The van der Waals surface area contributed by atoms with Crippen LogP contribution >= 0.6 is 23.1 Å². The van der Waals surface area contributed by atoms with E-state index >= 15 is 0 Å². The summed E-state index contributed by atoms with van der Waals surface area (Å²) in [5.41, 5.74) is -2.25. The molecule has 0 saturated carbocycles. The van der Waals surface area contributed by atoms with E-state index in [1.54, 1.807) is 16.8 Å². The molecule has 4 aromatic rings. The third kappa shape index (κ3) is 16.0. The highest BCUT2D eigenvalue weighted by Crippen LogP contribution is 2.37. The van der Waals surface area contributed by atoms with Gasteiger partial charge in [0.25, 0.3) is 9.84 Å². The van der Waals surface area contributed by atoms with Crippen LogP contribution in [-0.4, -0.2) is 129 Å². The largest absolute Gasteiger partial charge is 0.501 e.